The summed E-state index contributed by atoms with van der Waals surface area (Å²) in [6, 6.07) is 6.10. The maximum Gasteiger partial charge on any atom is 0.181 e. The summed E-state index contributed by atoms with van der Waals surface area (Å²) in [7, 11) is 3.55. The molecule has 0 aliphatic carbocycles. The Morgan fingerprint density at radius 1 is 1.29 bits per heavy atom. The Kier molecular flexibility index (Phi) is 3.13. The molecular weight excluding hydrogens is 214 g/mol. The number of hydrogen-bond acceptors (Lipinski definition) is 3. The van der Waals surface area contributed by atoms with Crippen molar-refractivity contribution in [3.8, 4) is 17.1 Å². The van der Waals surface area contributed by atoms with Crippen molar-refractivity contribution in [2.24, 2.45) is 7.05 Å². The molecule has 0 saturated carbocycles. The van der Waals surface area contributed by atoms with Crippen LogP contribution in [0.25, 0.3) is 11.4 Å². The Labute approximate surface area is 101 Å². The van der Waals surface area contributed by atoms with Gasteiger partial charge in [-0.15, -0.1) is 0 Å². The second-order valence-corrected chi connectivity index (χ2v) is 4.35. The largest absolute Gasteiger partial charge is 0.496 e. The van der Waals surface area contributed by atoms with Crippen molar-refractivity contribution in [2.45, 2.75) is 19.8 Å². The maximum atomic E-state index is 5.41. The highest BCUT2D eigenvalue weighted by Crippen LogP contribution is 2.30. The standard InChI is InChI=1S/C13H17N3O/c1-9(2)11-6-5-10(7-12(11)17-4)13-14-8-16(3)15-13/h5-9H,1-4H3. The van der Waals surface area contributed by atoms with Crippen LogP contribution in [0.15, 0.2) is 24.5 Å². The third kappa shape index (κ3) is 2.30. The minimum atomic E-state index is 0.440. The minimum Gasteiger partial charge on any atom is -0.496 e. The molecule has 0 spiro atoms. The first-order valence-corrected chi connectivity index (χ1v) is 5.65. The van der Waals surface area contributed by atoms with Gasteiger partial charge in [-0.05, 0) is 17.5 Å². The number of nitrogens with zero attached hydrogens (tertiary/aromatic N) is 3. The number of benzene rings is 1. The molecule has 0 bridgehead atoms. The van der Waals surface area contributed by atoms with E-state index in [1.807, 2.05) is 19.2 Å². The Bertz CT molecular complexity index is 517. The van der Waals surface area contributed by atoms with E-state index in [1.165, 1.54) is 5.56 Å². The van der Waals surface area contributed by atoms with Gasteiger partial charge in [0.15, 0.2) is 5.82 Å². The second kappa shape index (κ2) is 4.57. The molecule has 0 N–H and O–H groups in total. The third-order valence-corrected chi connectivity index (χ3v) is 2.71. The number of methoxy groups -OCH3 is 1. The minimum absolute atomic E-state index is 0.440. The predicted octanol–water partition coefficient (Wildman–Crippen LogP) is 2.61. The second-order valence-electron chi connectivity index (χ2n) is 4.35. The zero-order valence-corrected chi connectivity index (χ0v) is 10.6. The van der Waals surface area contributed by atoms with E-state index in [4.69, 9.17) is 4.74 Å². The van der Waals surface area contributed by atoms with Gasteiger partial charge in [-0.3, -0.25) is 4.68 Å². The van der Waals surface area contributed by atoms with Crippen molar-refractivity contribution in [1.82, 2.24) is 14.8 Å². The number of rotatable bonds is 3. The van der Waals surface area contributed by atoms with Crippen LogP contribution in [0.4, 0.5) is 0 Å². The number of aryl methyl sites for hydroxylation is 1. The van der Waals surface area contributed by atoms with Crippen LogP contribution in [0.2, 0.25) is 0 Å². The van der Waals surface area contributed by atoms with Crippen LogP contribution in [0, 0.1) is 0 Å². The fourth-order valence-electron chi connectivity index (χ4n) is 1.80. The smallest absolute Gasteiger partial charge is 0.181 e. The van der Waals surface area contributed by atoms with Crippen LogP contribution in [0.1, 0.15) is 25.3 Å². The summed E-state index contributed by atoms with van der Waals surface area (Å²) in [6.45, 7) is 4.30. The number of ether oxygens (including phenoxy) is 1. The lowest BCUT2D eigenvalue weighted by Gasteiger charge is -2.12. The normalized spacial score (nSPS) is 10.9. The lowest BCUT2D eigenvalue weighted by atomic mass is 10.00. The van der Waals surface area contributed by atoms with Crippen molar-refractivity contribution in [3.05, 3.63) is 30.1 Å². The molecule has 4 heteroatoms. The van der Waals surface area contributed by atoms with Gasteiger partial charge >= 0.3 is 0 Å². The van der Waals surface area contributed by atoms with Crippen LogP contribution < -0.4 is 4.74 Å². The molecule has 0 aliphatic rings. The van der Waals surface area contributed by atoms with Gasteiger partial charge in [0.25, 0.3) is 0 Å². The van der Waals surface area contributed by atoms with Crippen molar-refractivity contribution < 1.29 is 4.74 Å². The van der Waals surface area contributed by atoms with Crippen LogP contribution in [-0.2, 0) is 7.05 Å². The first-order valence-electron chi connectivity index (χ1n) is 5.65. The van der Waals surface area contributed by atoms with E-state index in [1.54, 1.807) is 18.1 Å². The fraction of sp³-hybridized carbons (Fsp3) is 0.385. The number of hydrogen-bond donors (Lipinski definition) is 0. The summed E-state index contributed by atoms with van der Waals surface area (Å²) in [4.78, 5) is 4.23. The van der Waals surface area contributed by atoms with Gasteiger partial charge in [-0.1, -0.05) is 26.0 Å². The highest BCUT2D eigenvalue weighted by molar-refractivity contribution is 5.59. The first kappa shape index (κ1) is 11.6. The molecule has 0 amide bonds. The predicted molar refractivity (Wildman–Crippen MR) is 67.1 cm³/mol. The molecule has 1 heterocycles. The summed E-state index contributed by atoms with van der Waals surface area (Å²) < 4.78 is 7.11. The van der Waals surface area contributed by atoms with Crippen LogP contribution >= 0.6 is 0 Å². The molecular formula is C13H17N3O. The van der Waals surface area contributed by atoms with E-state index >= 15 is 0 Å². The van der Waals surface area contributed by atoms with E-state index < -0.39 is 0 Å². The molecule has 0 unspecified atom stereocenters. The van der Waals surface area contributed by atoms with Gasteiger partial charge in [-0.2, -0.15) is 5.10 Å². The SMILES string of the molecule is COc1cc(-c2ncn(C)n2)ccc1C(C)C. The Hall–Kier alpha value is -1.84. The third-order valence-electron chi connectivity index (χ3n) is 2.71. The van der Waals surface area contributed by atoms with E-state index in [-0.39, 0.29) is 0 Å². The van der Waals surface area contributed by atoms with Crippen molar-refractivity contribution in [2.75, 3.05) is 7.11 Å². The zero-order chi connectivity index (χ0) is 12.4. The highest BCUT2D eigenvalue weighted by atomic mass is 16.5. The molecule has 1 aromatic heterocycles. The average Bonchev–Trinajstić information content (AvgIpc) is 2.75. The van der Waals surface area contributed by atoms with Crippen LogP contribution in [0.3, 0.4) is 0 Å². The molecule has 4 nitrogen and oxygen atoms in total. The van der Waals surface area contributed by atoms with Gasteiger partial charge in [0, 0.05) is 12.6 Å². The van der Waals surface area contributed by atoms with Gasteiger partial charge < -0.3 is 4.74 Å². The lowest BCUT2D eigenvalue weighted by Crippen LogP contribution is -1.95. The molecule has 2 rings (SSSR count). The van der Waals surface area contributed by atoms with E-state index in [0.717, 1.165) is 17.1 Å². The van der Waals surface area contributed by atoms with Crippen molar-refractivity contribution in [1.29, 1.82) is 0 Å². The molecule has 1 aromatic carbocycles. The van der Waals surface area contributed by atoms with E-state index in [9.17, 15) is 0 Å². The Morgan fingerprint density at radius 2 is 2.06 bits per heavy atom. The zero-order valence-electron chi connectivity index (χ0n) is 10.6. The van der Waals surface area contributed by atoms with Gasteiger partial charge in [-0.25, -0.2) is 4.98 Å². The van der Waals surface area contributed by atoms with E-state index in [2.05, 4.69) is 30.0 Å². The summed E-state index contributed by atoms with van der Waals surface area (Å²) in [5, 5.41) is 4.28. The molecule has 0 fully saturated rings. The molecule has 0 radical (unpaired) electrons. The monoisotopic (exact) mass is 231 g/mol. The molecule has 17 heavy (non-hydrogen) atoms. The average molecular weight is 231 g/mol. The maximum absolute atomic E-state index is 5.41. The van der Waals surface area contributed by atoms with Gasteiger partial charge in [0.1, 0.15) is 12.1 Å². The topological polar surface area (TPSA) is 39.9 Å². The molecule has 0 atom stereocenters. The fourth-order valence-corrected chi connectivity index (χ4v) is 1.80. The van der Waals surface area contributed by atoms with Crippen molar-refractivity contribution in [3.63, 3.8) is 0 Å². The Balaban J connectivity index is 2.44. The molecule has 2 aromatic rings. The molecule has 0 saturated heterocycles. The van der Waals surface area contributed by atoms with Crippen molar-refractivity contribution >= 4 is 0 Å². The molecule has 0 aliphatic heterocycles. The quantitative estimate of drug-likeness (QED) is 0.815. The van der Waals surface area contributed by atoms with Gasteiger partial charge in [0.05, 0.1) is 7.11 Å². The highest BCUT2D eigenvalue weighted by Gasteiger charge is 2.10. The van der Waals surface area contributed by atoms with Crippen LogP contribution in [0.5, 0.6) is 5.75 Å². The van der Waals surface area contributed by atoms with E-state index in [0.29, 0.717) is 5.92 Å². The molecule has 90 valence electrons. The van der Waals surface area contributed by atoms with Crippen LogP contribution in [-0.4, -0.2) is 21.9 Å². The summed E-state index contributed by atoms with van der Waals surface area (Å²) >= 11 is 0. The summed E-state index contributed by atoms with van der Waals surface area (Å²) in [5.41, 5.74) is 2.18. The Morgan fingerprint density at radius 3 is 2.59 bits per heavy atom. The summed E-state index contributed by atoms with van der Waals surface area (Å²) in [6.07, 6.45) is 1.69. The van der Waals surface area contributed by atoms with Gasteiger partial charge in [0.2, 0.25) is 0 Å². The number of aromatic nitrogens is 3. The lowest BCUT2D eigenvalue weighted by molar-refractivity contribution is 0.407. The first-order chi connectivity index (χ1) is 8.11. The summed E-state index contributed by atoms with van der Waals surface area (Å²) in [5.74, 6) is 2.06.